The Morgan fingerprint density at radius 2 is 1.85 bits per heavy atom. The van der Waals surface area contributed by atoms with Crippen molar-refractivity contribution in [3.63, 3.8) is 0 Å². The molecule has 0 aromatic carbocycles. The van der Waals surface area contributed by atoms with Crippen LogP contribution in [-0.4, -0.2) is 38.2 Å². The molecule has 0 unspecified atom stereocenters. The highest BCUT2D eigenvalue weighted by Gasteiger charge is 2.49. The molecule has 1 rings (SSSR count). The molecular formula is C8H14N2O3. The highest BCUT2D eigenvalue weighted by Crippen LogP contribution is 2.25. The van der Waals surface area contributed by atoms with Gasteiger partial charge in [-0.05, 0) is 27.7 Å². The third-order valence-corrected chi connectivity index (χ3v) is 1.88. The molecule has 0 aromatic heterocycles. The number of carbonyl (C=O) groups is 1. The molecule has 2 N–H and O–H groups in total. The van der Waals surface area contributed by atoms with E-state index in [1.165, 1.54) is 6.92 Å². The summed E-state index contributed by atoms with van der Waals surface area (Å²) in [5.74, 6) is -3.22. The van der Waals surface area contributed by atoms with E-state index in [0.717, 1.165) is 5.01 Å². The fraction of sp³-hybridized carbons (Fsp3) is 0.750. The van der Waals surface area contributed by atoms with Crippen molar-refractivity contribution in [2.24, 2.45) is 5.10 Å². The number of amides is 1. The molecule has 74 valence electrons. The van der Waals surface area contributed by atoms with Crippen molar-refractivity contribution >= 4 is 11.6 Å². The Morgan fingerprint density at radius 3 is 2.00 bits per heavy atom. The van der Waals surface area contributed by atoms with Crippen LogP contribution in [0.4, 0.5) is 0 Å². The SMILES string of the molecule is CC1=NN(C(C)(C)C)C(=O)C1(O)O. The molecule has 1 aliphatic rings. The van der Waals surface area contributed by atoms with Gasteiger partial charge in [-0.15, -0.1) is 0 Å². The second-order valence-electron chi connectivity index (χ2n) is 4.15. The summed E-state index contributed by atoms with van der Waals surface area (Å²) in [6.45, 7) is 6.71. The summed E-state index contributed by atoms with van der Waals surface area (Å²) in [5, 5.41) is 23.5. The topological polar surface area (TPSA) is 73.1 Å². The van der Waals surface area contributed by atoms with Gasteiger partial charge in [0.2, 0.25) is 0 Å². The molecule has 0 atom stereocenters. The van der Waals surface area contributed by atoms with E-state index in [-0.39, 0.29) is 5.71 Å². The summed E-state index contributed by atoms with van der Waals surface area (Å²) in [6.07, 6.45) is 0. The van der Waals surface area contributed by atoms with Crippen molar-refractivity contribution in [3.05, 3.63) is 0 Å². The lowest BCUT2D eigenvalue weighted by Gasteiger charge is -2.28. The van der Waals surface area contributed by atoms with Crippen LogP contribution in [0, 0.1) is 0 Å². The fourth-order valence-electron chi connectivity index (χ4n) is 1.02. The first kappa shape index (κ1) is 10.1. The molecule has 0 radical (unpaired) electrons. The van der Waals surface area contributed by atoms with E-state index >= 15 is 0 Å². The monoisotopic (exact) mass is 186 g/mol. The zero-order valence-corrected chi connectivity index (χ0v) is 8.20. The lowest BCUT2D eigenvalue weighted by atomic mass is 10.1. The van der Waals surface area contributed by atoms with Crippen molar-refractivity contribution in [2.75, 3.05) is 0 Å². The summed E-state index contributed by atoms with van der Waals surface area (Å²) in [7, 11) is 0. The first-order valence-electron chi connectivity index (χ1n) is 4.02. The summed E-state index contributed by atoms with van der Waals surface area (Å²) < 4.78 is 0. The van der Waals surface area contributed by atoms with Gasteiger partial charge in [-0.3, -0.25) is 4.79 Å². The van der Waals surface area contributed by atoms with Gasteiger partial charge >= 0.3 is 5.91 Å². The van der Waals surface area contributed by atoms with Gasteiger partial charge in [-0.2, -0.15) is 5.10 Å². The Bertz CT molecular complexity index is 276. The van der Waals surface area contributed by atoms with Gasteiger partial charge in [0.25, 0.3) is 5.79 Å². The van der Waals surface area contributed by atoms with Gasteiger partial charge in [0.05, 0.1) is 5.54 Å². The number of hydrazone groups is 1. The molecule has 0 aliphatic carbocycles. The average Bonchev–Trinajstić information content (AvgIpc) is 2.12. The quantitative estimate of drug-likeness (QED) is 0.509. The van der Waals surface area contributed by atoms with Gasteiger partial charge in [0.15, 0.2) is 0 Å². The maximum atomic E-state index is 11.4. The van der Waals surface area contributed by atoms with Gasteiger partial charge in [-0.1, -0.05) is 0 Å². The molecule has 0 saturated carbocycles. The Kier molecular flexibility index (Phi) is 1.97. The van der Waals surface area contributed by atoms with Crippen LogP contribution in [0.15, 0.2) is 5.10 Å². The van der Waals surface area contributed by atoms with Crippen LogP contribution < -0.4 is 0 Å². The van der Waals surface area contributed by atoms with Crippen LogP contribution >= 0.6 is 0 Å². The Labute approximate surface area is 76.7 Å². The van der Waals surface area contributed by atoms with E-state index in [2.05, 4.69) is 5.10 Å². The van der Waals surface area contributed by atoms with Crippen molar-refractivity contribution in [1.29, 1.82) is 0 Å². The maximum Gasteiger partial charge on any atom is 0.309 e. The van der Waals surface area contributed by atoms with E-state index in [0.29, 0.717) is 0 Å². The molecule has 5 nitrogen and oxygen atoms in total. The number of carbonyl (C=O) groups excluding carboxylic acids is 1. The van der Waals surface area contributed by atoms with Crippen molar-refractivity contribution in [3.8, 4) is 0 Å². The highest BCUT2D eigenvalue weighted by atomic mass is 16.5. The molecule has 5 heteroatoms. The van der Waals surface area contributed by atoms with Gasteiger partial charge < -0.3 is 10.2 Å². The second kappa shape index (κ2) is 2.52. The molecule has 0 fully saturated rings. The molecule has 13 heavy (non-hydrogen) atoms. The minimum Gasteiger partial charge on any atom is -0.354 e. The Hall–Kier alpha value is -0.940. The fourth-order valence-corrected chi connectivity index (χ4v) is 1.02. The molecule has 1 amide bonds. The Morgan fingerprint density at radius 1 is 1.38 bits per heavy atom. The van der Waals surface area contributed by atoms with Crippen LogP contribution in [0.3, 0.4) is 0 Å². The summed E-state index contributed by atoms with van der Waals surface area (Å²) in [5.41, 5.74) is -0.529. The smallest absolute Gasteiger partial charge is 0.309 e. The van der Waals surface area contributed by atoms with Gasteiger partial charge in [-0.25, -0.2) is 5.01 Å². The number of hydrogen-bond donors (Lipinski definition) is 2. The number of rotatable bonds is 0. The molecule has 0 saturated heterocycles. The second-order valence-corrected chi connectivity index (χ2v) is 4.15. The zero-order chi connectivity index (χ0) is 10.4. The third kappa shape index (κ3) is 1.45. The van der Waals surface area contributed by atoms with Crippen molar-refractivity contribution in [1.82, 2.24) is 5.01 Å². The first-order chi connectivity index (χ1) is 5.67. The molecular weight excluding hydrogens is 172 g/mol. The minimum absolute atomic E-state index is 0.00688. The van der Waals surface area contributed by atoms with Crippen LogP contribution in [0.1, 0.15) is 27.7 Å². The van der Waals surface area contributed by atoms with E-state index in [9.17, 15) is 15.0 Å². The summed E-state index contributed by atoms with van der Waals surface area (Å²) in [6, 6.07) is 0. The van der Waals surface area contributed by atoms with Crippen LogP contribution in [0.25, 0.3) is 0 Å². The van der Waals surface area contributed by atoms with E-state index in [1.54, 1.807) is 20.8 Å². The number of nitrogens with zero attached hydrogens (tertiary/aromatic N) is 2. The molecule has 0 bridgehead atoms. The van der Waals surface area contributed by atoms with Crippen molar-refractivity contribution in [2.45, 2.75) is 39.0 Å². The average molecular weight is 186 g/mol. The molecule has 0 aromatic rings. The minimum atomic E-state index is -2.42. The highest BCUT2D eigenvalue weighted by molar-refractivity contribution is 6.12. The van der Waals surface area contributed by atoms with Crippen LogP contribution in [-0.2, 0) is 4.79 Å². The maximum absolute atomic E-state index is 11.4. The largest absolute Gasteiger partial charge is 0.354 e. The van der Waals surface area contributed by atoms with E-state index in [4.69, 9.17) is 0 Å². The number of aliphatic hydroxyl groups is 2. The molecule has 0 spiro atoms. The zero-order valence-electron chi connectivity index (χ0n) is 8.20. The molecule has 1 aliphatic heterocycles. The van der Waals surface area contributed by atoms with Crippen LogP contribution in [0.2, 0.25) is 0 Å². The lowest BCUT2D eigenvalue weighted by Crippen LogP contribution is -2.50. The number of hydrogen-bond acceptors (Lipinski definition) is 4. The standard InChI is InChI=1S/C8H14N2O3/c1-5-8(12,13)6(11)10(9-5)7(2,3)4/h12-13H,1-4H3. The van der Waals surface area contributed by atoms with E-state index < -0.39 is 17.2 Å². The van der Waals surface area contributed by atoms with Crippen molar-refractivity contribution < 1.29 is 15.0 Å². The first-order valence-corrected chi connectivity index (χ1v) is 4.02. The predicted molar refractivity (Wildman–Crippen MR) is 46.9 cm³/mol. The van der Waals surface area contributed by atoms with E-state index in [1.807, 2.05) is 0 Å². The normalized spacial score (nSPS) is 22.2. The third-order valence-electron chi connectivity index (χ3n) is 1.88. The van der Waals surface area contributed by atoms with Crippen LogP contribution in [0.5, 0.6) is 0 Å². The summed E-state index contributed by atoms with van der Waals surface area (Å²) >= 11 is 0. The van der Waals surface area contributed by atoms with Gasteiger partial charge in [0, 0.05) is 0 Å². The summed E-state index contributed by atoms with van der Waals surface area (Å²) in [4.78, 5) is 11.4. The predicted octanol–water partition coefficient (Wildman–Crippen LogP) is -0.316. The Balaban J connectivity index is 3.05. The lowest BCUT2D eigenvalue weighted by molar-refractivity contribution is -0.172. The molecule has 1 heterocycles. The van der Waals surface area contributed by atoms with Gasteiger partial charge in [0.1, 0.15) is 5.71 Å².